The number of ether oxygens (including phenoxy) is 2. The molecule has 0 N–H and O–H groups in total. The highest BCUT2D eigenvalue weighted by molar-refractivity contribution is 6.37. The lowest BCUT2D eigenvalue weighted by Crippen LogP contribution is -2.47. The van der Waals surface area contributed by atoms with E-state index in [0.29, 0.717) is 42.3 Å². The minimum Gasteiger partial charge on any atom is -0.364 e. The van der Waals surface area contributed by atoms with Crippen LogP contribution in [0.4, 0.5) is 0 Å². The van der Waals surface area contributed by atoms with Gasteiger partial charge in [0, 0.05) is 67.7 Å². The van der Waals surface area contributed by atoms with Crippen molar-refractivity contribution in [2.24, 2.45) is 0 Å². The summed E-state index contributed by atoms with van der Waals surface area (Å²) in [4.78, 5) is 0. The molecule has 0 spiro atoms. The summed E-state index contributed by atoms with van der Waals surface area (Å²) in [5.41, 5.74) is 1.76. The van der Waals surface area contributed by atoms with Gasteiger partial charge in [-0.25, -0.2) is 0 Å². The Bertz CT molecular complexity index is 1820. The average Bonchev–Trinajstić information content (AvgIpc) is 3.03. The molecule has 6 aromatic rings. The molecule has 208 valence electrons. The topological polar surface area (TPSA) is 18.5 Å². The Labute approximate surface area is 264 Å². The number of halogens is 4. The third kappa shape index (κ3) is 3.61. The standard InChI is InChI=1S/C36H24Cl4O2/c1-41-35(25-15-7-11-21-9-3-5-13-23(21)25)31-27(37)17-19-29(39)33(31)36(42-2,34-30(40)20-18-28(38)32(34)35)26-16-8-12-22-10-4-6-14-24(22)26/h3-20H,1-2H3. The van der Waals surface area contributed by atoms with Crippen LogP contribution in [0.25, 0.3) is 21.5 Å². The second kappa shape index (κ2) is 10.3. The predicted octanol–water partition coefficient (Wildman–Crippen LogP) is 10.8. The van der Waals surface area contributed by atoms with Crippen molar-refractivity contribution in [1.82, 2.24) is 0 Å². The second-order valence-corrected chi connectivity index (χ2v) is 12.0. The first-order chi connectivity index (χ1) is 20.4. The van der Waals surface area contributed by atoms with Crippen LogP contribution in [0.5, 0.6) is 0 Å². The van der Waals surface area contributed by atoms with Crippen molar-refractivity contribution in [3.05, 3.63) is 163 Å². The van der Waals surface area contributed by atoms with Crippen molar-refractivity contribution in [3.63, 3.8) is 0 Å². The highest BCUT2D eigenvalue weighted by Crippen LogP contribution is 2.63. The van der Waals surface area contributed by atoms with E-state index < -0.39 is 11.2 Å². The summed E-state index contributed by atoms with van der Waals surface area (Å²) in [5, 5.41) is 5.92. The molecule has 0 aromatic heterocycles. The van der Waals surface area contributed by atoms with Gasteiger partial charge >= 0.3 is 0 Å². The van der Waals surface area contributed by atoms with Gasteiger partial charge in [-0.1, -0.05) is 131 Å². The quantitative estimate of drug-likeness (QED) is 0.193. The number of benzene rings is 6. The molecule has 0 heterocycles. The van der Waals surface area contributed by atoms with Gasteiger partial charge in [0.25, 0.3) is 0 Å². The largest absolute Gasteiger partial charge is 0.364 e. The average molecular weight is 630 g/mol. The Morgan fingerprint density at radius 2 is 0.714 bits per heavy atom. The van der Waals surface area contributed by atoms with Gasteiger partial charge in [-0.15, -0.1) is 0 Å². The van der Waals surface area contributed by atoms with E-state index in [4.69, 9.17) is 55.9 Å². The zero-order valence-corrected chi connectivity index (χ0v) is 25.7. The molecule has 1 aliphatic rings. The second-order valence-electron chi connectivity index (χ2n) is 10.4. The molecule has 0 atom stereocenters. The van der Waals surface area contributed by atoms with Crippen LogP contribution in [-0.4, -0.2) is 14.2 Å². The molecule has 6 aromatic carbocycles. The van der Waals surface area contributed by atoms with E-state index in [1.54, 1.807) is 38.5 Å². The summed E-state index contributed by atoms with van der Waals surface area (Å²) in [6.45, 7) is 0. The maximum atomic E-state index is 7.26. The van der Waals surface area contributed by atoms with E-state index in [9.17, 15) is 0 Å². The van der Waals surface area contributed by atoms with Gasteiger partial charge in [0.1, 0.15) is 11.2 Å². The van der Waals surface area contributed by atoms with Gasteiger partial charge in [0.2, 0.25) is 0 Å². The minimum atomic E-state index is -1.29. The number of methoxy groups -OCH3 is 2. The van der Waals surface area contributed by atoms with E-state index in [1.807, 2.05) is 48.5 Å². The lowest BCUT2D eigenvalue weighted by atomic mass is 9.62. The highest BCUT2D eigenvalue weighted by Gasteiger charge is 2.57. The van der Waals surface area contributed by atoms with Crippen LogP contribution in [0.3, 0.4) is 0 Å². The number of fused-ring (bicyclic) bond motifs is 4. The van der Waals surface area contributed by atoms with Crippen molar-refractivity contribution in [1.29, 1.82) is 0 Å². The first kappa shape index (κ1) is 27.7. The molecule has 0 radical (unpaired) electrons. The lowest BCUT2D eigenvalue weighted by molar-refractivity contribution is 0.0182. The van der Waals surface area contributed by atoms with E-state index in [0.717, 1.165) is 32.7 Å². The van der Waals surface area contributed by atoms with Crippen molar-refractivity contribution in [2.75, 3.05) is 14.2 Å². The van der Waals surface area contributed by atoms with Gasteiger partial charge < -0.3 is 9.47 Å². The van der Waals surface area contributed by atoms with E-state index in [1.165, 1.54) is 0 Å². The van der Waals surface area contributed by atoms with Crippen molar-refractivity contribution in [2.45, 2.75) is 11.2 Å². The number of rotatable bonds is 4. The molecule has 2 nitrogen and oxygen atoms in total. The first-order valence-corrected chi connectivity index (χ1v) is 15.0. The van der Waals surface area contributed by atoms with Crippen LogP contribution in [0, 0.1) is 0 Å². The Hall–Kier alpha value is -3.08. The van der Waals surface area contributed by atoms with Crippen LogP contribution in [-0.2, 0) is 20.7 Å². The van der Waals surface area contributed by atoms with E-state index in [2.05, 4.69) is 36.4 Å². The third-order valence-corrected chi connectivity index (χ3v) is 9.83. The smallest absolute Gasteiger partial charge is 0.147 e. The minimum absolute atomic E-state index is 0.465. The SMILES string of the molecule is COC1(c2cccc3ccccc23)c2c(Cl)ccc(Cl)c2C(OC)(c2cccc3ccccc23)c2c(Cl)ccc(Cl)c21. The zero-order chi connectivity index (χ0) is 29.2. The van der Waals surface area contributed by atoms with Gasteiger partial charge in [-0.3, -0.25) is 0 Å². The molecule has 7 rings (SSSR count). The first-order valence-electron chi connectivity index (χ1n) is 13.4. The Morgan fingerprint density at radius 1 is 0.405 bits per heavy atom. The van der Waals surface area contributed by atoms with Crippen molar-refractivity contribution < 1.29 is 9.47 Å². The summed E-state index contributed by atoms with van der Waals surface area (Å²) in [6.07, 6.45) is 0. The van der Waals surface area contributed by atoms with Gasteiger partial charge in [0.05, 0.1) is 0 Å². The molecule has 0 aliphatic heterocycles. The summed E-state index contributed by atoms with van der Waals surface area (Å²) < 4.78 is 13.4. The Kier molecular flexibility index (Phi) is 6.79. The molecule has 42 heavy (non-hydrogen) atoms. The fourth-order valence-electron chi connectivity index (χ4n) is 6.96. The molecule has 0 saturated heterocycles. The van der Waals surface area contributed by atoms with Crippen LogP contribution in [0.1, 0.15) is 33.4 Å². The van der Waals surface area contributed by atoms with Gasteiger partial charge in [-0.2, -0.15) is 0 Å². The zero-order valence-electron chi connectivity index (χ0n) is 22.7. The summed E-state index contributed by atoms with van der Waals surface area (Å²) >= 11 is 29.0. The fraction of sp³-hybridized carbons (Fsp3) is 0.111. The van der Waals surface area contributed by atoms with Gasteiger partial charge in [0.15, 0.2) is 0 Å². The molecule has 0 saturated carbocycles. The van der Waals surface area contributed by atoms with Crippen molar-refractivity contribution in [3.8, 4) is 0 Å². The van der Waals surface area contributed by atoms with Crippen LogP contribution in [0.15, 0.2) is 109 Å². The Morgan fingerprint density at radius 3 is 1.05 bits per heavy atom. The molecule has 0 amide bonds. The lowest BCUT2D eigenvalue weighted by Gasteiger charge is -2.50. The highest BCUT2D eigenvalue weighted by atomic mass is 35.5. The number of hydrogen-bond donors (Lipinski definition) is 0. The number of hydrogen-bond acceptors (Lipinski definition) is 2. The Balaban J connectivity index is 1.77. The maximum Gasteiger partial charge on any atom is 0.147 e. The fourth-order valence-corrected chi connectivity index (χ4v) is 8.12. The van der Waals surface area contributed by atoms with E-state index >= 15 is 0 Å². The van der Waals surface area contributed by atoms with Crippen LogP contribution >= 0.6 is 46.4 Å². The van der Waals surface area contributed by atoms with Gasteiger partial charge in [-0.05, 0) is 45.8 Å². The van der Waals surface area contributed by atoms with Crippen molar-refractivity contribution >= 4 is 67.9 Å². The normalized spacial score (nSPS) is 19.6. The molecule has 1 aliphatic carbocycles. The molecule has 0 bridgehead atoms. The molecule has 6 heteroatoms. The predicted molar refractivity (Wildman–Crippen MR) is 175 cm³/mol. The molecular formula is C36H24Cl4O2. The molecular weight excluding hydrogens is 606 g/mol. The summed E-state index contributed by atoms with van der Waals surface area (Å²) in [7, 11) is 3.34. The molecule has 0 unspecified atom stereocenters. The monoisotopic (exact) mass is 628 g/mol. The van der Waals surface area contributed by atoms with Crippen LogP contribution in [0.2, 0.25) is 20.1 Å². The summed E-state index contributed by atoms with van der Waals surface area (Å²) in [6, 6.07) is 35.8. The third-order valence-electron chi connectivity index (χ3n) is 8.57. The maximum absolute atomic E-state index is 7.26. The van der Waals surface area contributed by atoms with Crippen LogP contribution < -0.4 is 0 Å². The molecule has 0 fully saturated rings. The summed E-state index contributed by atoms with van der Waals surface area (Å²) in [5.74, 6) is 0. The van der Waals surface area contributed by atoms with E-state index in [-0.39, 0.29) is 0 Å².